The fraction of sp³-hybridized carbons (Fsp3) is 0. The second-order valence-corrected chi connectivity index (χ2v) is 5.97. The number of hydrogen-bond acceptors (Lipinski definition) is 5. The van der Waals surface area contributed by atoms with Crippen LogP contribution >= 0.6 is 15.9 Å². The summed E-state index contributed by atoms with van der Waals surface area (Å²) in [6.07, 6.45) is 1.64. The lowest BCUT2D eigenvalue weighted by Gasteiger charge is -2.02. The van der Waals surface area contributed by atoms with Gasteiger partial charge in [0.05, 0.1) is 11.1 Å². The molecule has 5 nitrogen and oxygen atoms in total. The number of benzene rings is 2. The molecule has 0 bridgehead atoms. The lowest BCUT2D eigenvalue weighted by molar-refractivity contribution is 0.441. The van der Waals surface area contributed by atoms with Gasteiger partial charge in [-0.3, -0.25) is 0 Å². The Labute approximate surface area is 140 Å². The van der Waals surface area contributed by atoms with Crippen molar-refractivity contribution in [2.75, 3.05) is 5.73 Å². The van der Waals surface area contributed by atoms with Crippen molar-refractivity contribution >= 4 is 32.8 Å². The predicted molar refractivity (Wildman–Crippen MR) is 92.6 cm³/mol. The van der Waals surface area contributed by atoms with Crippen molar-refractivity contribution in [3.63, 3.8) is 0 Å². The van der Waals surface area contributed by atoms with Crippen LogP contribution in [0.5, 0.6) is 0 Å². The monoisotopic (exact) mass is 366 g/mol. The van der Waals surface area contributed by atoms with Crippen LogP contribution in [0, 0.1) is 0 Å². The molecule has 0 atom stereocenters. The summed E-state index contributed by atoms with van der Waals surface area (Å²) in [6.45, 7) is 0. The van der Waals surface area contributed by atoms with Crippen LogP contribution in [0.2, 0.25) is 0 Å². The highest BCUT2D eigenvalue weighted by atomic mass is 79.9. The Morgan fingerprint density at radius 2 is 1.91 bits per heavy atom. The molecule has 0 spiro atoms. The molecule has 23 heavy (non-hydrogen) atoms. The van der Waals surface area contributed by atoms with Crippen molar-refractivity contribution in [1.29, 1.82) is 0 Å². The normalized spacial score (nSPS) is 11.0. The first-order chi connectivity index (χ1) is 11.2. The number of nitrogens with zero attached hydrogens (tertiary/aromatic N) is 3. The lowest BCUT2D eigenvalue weighted by atomic mass is 10.0. The van der Waals surface area contributed by atoms with Gasteiger partial charge in [0, 0.05) is 21.8 Å². The first-order valence-electron chi connectivity index (χ1n) is 6.95. The third kappa shape index (κ3) is 2.57. The van der Waals surface area contributed by atoms with Crippen LogP contribution in [0.1, 0.15) is 0 Å². The fourth-order valence-corrected chi connectivity index (χ4v) is 2.87. The van der Waals surface area contributed by atoms with Gasteiger partial charge < -0.3 is 10.3 Å². The maximum atomic E-state index is 5.67. The molecule has 0 unspecified atom stereocenters. The third-order valence-electron chi connectivity index (χ3n) is 3.53. The number of nitrogens with two attached hydrogens (primary N) is 1. The Balaban J connectivity index is 1.90. The van der Waals surface area contributed by atoms with Crippen molar-refractivity contribution in [3.05, 3.63) is 59.2 Å². The number of anilines is 1. The van der Waals surface area contributed by atoms with Crippen molar-refractivity contribution in [1.82, 2.24) is 15.1 Å². The Bertz CT molecular complexity index is 1010. The van der Waals surface area contributed by atoms with E-state index in [1.807, 2.05) is 48.5 Å². The second kappa shape index (κ2) is 5.48. The average Bonchev–Trinajstić information content (AvgIpc) is 2.98. The summed E-state index contributed by atoms with van der Waals surface area (Å²) >= 11 is 3.48. The summed E-state index contributed by atoms with van der Waals surface area (Å²) < 4.78 is 6.53. The molecule has 0 radical (unpaired) electrons. The SMILES string of the molecule is Nc1nccc(-c2ccc3noc(-c4cccc(Br)c4)c3c2)n1. The smallest absolute Gasteiger partial charge is 0.220 e. The molecule has 0 fully saturated rings. The van der Waals surface area contributed by atoms with Crippen LogP contribution in [0.15, 0.2) is 63.7 Å². The summed E-state index contributed by atoms with van der Waals surface area (Å²) in [7, 11) is 0. The van der Waals surface area contributed by atoms with Crippen LogP contribution in [0.3, 0.4) is 0 Å². The molecule has 0 saturated carbocycles. The Hall–Kier alpha value is -2.73. The van der Waals surface area contributed by atoms with E-state index in [1.165, 1.54) is 0 Å². The predicted octanol–water partition coefficient (Wildman–Crippen LogP) is 4.30. The highest BCUT2D eigenvalue weighted by Crippen LogP contribution is 2.32. The zero-order valence-electron chi connectivity index (χ0n) is 11.9. The summed E-state index contributed by atoms with van der Waals surface area (Å²) in [5.74, 6) is 0.977. The van der Waals surface area contributed by atoms with Crippen LogP contribution in [-0.2, 0) is 0 Å². The number of halogens is 1. The number of fused-ring (bicyclic) bond motifs is 1. The van der Waals surface area contributed by atoms with E-state index in [2.05, 4.69) is 31.1 Å². The molecule has 2 N–H and O–H groups in total. The van der Waals surface area contributed by atoms with Crippen LogP contribution < -0.4 is 5.73 Å². The molecule has 0 saturated heterocycles. The zero-order chi connectivity index (χ0) is 15.8. The van der Waals surface area contributed by atoms with Gasteiger partial charge in [-0.1, -0.05) is 39.3 Å². The maximum Gasteiger partial charge on any atom is 0.220 e. The van der Waals surface area contributed by atoms with E-state index in [0.717, 1.165) is 38.0 Å². The van der Waals surface area contributed by atoms with Crippen LogP contribution in [0.25, 0.3) is 33.5 Å². The van der Waals surface area contributed by atoms with Gasteiger partial charge in [0.15, 0.2) is 5.76 Å². The second-order valence-electron chi connectivity index (χ2n) is 5.05. The molecule has 2 aromatic carbocycles. The summed E-state index contributed by atoms with van der Waals surface area (Å²) in [6, 6.07) is 15.6. The molecule has 0 aliphatic heterocycles. The highest BCUT2D eigenvalue weighted by molar-refractivity contribution is 9.10. The van der Waals surface area contributed by atoms with Crippen molar-refractivity contribution in [2.45, 2.75) is 0 Å². The Kier molecular flexibility index (Phi) is 3.31. The van der Waals surface area contributed by atoms with E-state index in [0.29, 0.717) is 0 Å². The van der Waals surface area contributed by atoms with E-state index in [4.69, 9.17) is 10.3 Å². The molecular formula is C17H11BrN4O. The van der Waals surface area contributed by atoms with E-state index in [1.54, 1.807) is 6.20 Å². The molecule has 6 heteroatoms. The van der Waals surface area contributed by atoms with Crippen LogP contribution in [0.4, 0.5) is 5.95 Å². The minimum Gasteiger partial charge on any atom is -0.368 e. The van der Waals surface area contributed by atoms with E-state index < -0.39 is 0 Å². The molecule has 4 rings (SSSR count). The molecule has 2 heterocycles. The van der Waals surface area contributed by atoms with Gasteiger partial charge in [0.2, 0.25) is 5.95 Å². The van der Waals surface area contributed by atoms with Gasteiger partial charge >= 0.3 is 0 Å². The minimum atomic E-state index is 0.250. The van der Waals surface area contributed by atoms with E-state index >= 15 is 0 Å². The highest BCUT2D eigenvalue weighted by Gasteiger charge is 2.12. The average molecular weight is 367 g/mol. The number of nitrogen functional groups attached to an aromatic ring is 1. The lowest BCUT2D eigenvalue weighted by Crippen LogP contribution is -1.94. The van der Waals surface area contributed by atoms with Gasteiger partial charge in [0.1, 0.15) is 5.52 Å². The van der Waals surface area contributed by atoms with Crippen LogP contribution in [-0.4, -0.2) is 15.1 Å². The topological polar surface area (TPSA) is 77.8 Å². The van der Waals surface area contributed by atoms with Crippen molar-refractivity contribution < 1.29 is 4.52 Å². The Morgan fingerprint density at radius 1 is 1.00 bits per heavy atom. The Morgan fingerprint density at radius 3 is 2.74 bits per heavy atom. The summed E-state index contributed by atoms with van der Waals surface area (Å²) in [5.41, 5.74) is 9.13. The van der Waals surface area contributed by atoms with E-state index in [-0.39, 0.29) is 5.95 Å². The first-order valence-corrected chi connectivity index (χ1v) is 7.74. The molecule has 0 aliphatic carbocycles. The largest absolute Gasteiger partial charge is 0.368 e. The molecule has 0 amide bonds. The standard InChI is InChI=1S/C17H11BrN4O/c18-12-3-1-2-11(8-12)16-13-9-10(4-5-15(13)22-23-16)14-6-7-20-17(19)21-14/h1-9H,(H2,19,20,21). The summed E-state index contributed by atoms with van der Waals surface area (Å²) in [5, 5.41) is 5.06. The molecule has 112 valence electrons. The zero-order valence-corrected chi connectivity index (χ0v) is 13.5. The molecular weight excluding hydrogens is 356 g/mol. The van der Waals surface area contributed by atoms with Gasteiger partial charge in [-0.05, 0) is 30.3 Å². The van der Waals surface area contributed by atoms with Gasteiger partial charge in [-0.2, -0.15) is 0 Å². The molecule has 2 aromatic heterocycles. The van der Waals surface area contributed by atoms with Crippen molar-refractivity contribution in [3.8, 4) is 22.6 Å². The molecule has 4 aromatic rings. The van der Waals surface area contributed by atoms with Gasteiger partial charge in [-0.15, -0.1) is 0 Å². The number of aromatic nitrogens is 3. The van der Waals surface area contributed by atoms with E-state index in [9.17, 15) is 0 Å². The first kappa shape index (κ1) is 13.9. The fourth-order valence-electron chi connectivity index (χ4n) is 2.47. The number of hydrogen-bond donors (Lipinski definition) is 1. The van der Waals surface area contributed by atoms with Gasteiger partial charge in [-0.25, -0.2) is 9.97 Å². The third-order valence-corrected chi connectivity index (χ3v) is 4.03. The van der Waals surface area contributed by atoms with Crippen molar-refractivity contribution in [2.24, 2.45) is 0 Å². The van der Waals surface area contributed by atoms with Gasteiger partial charge in [0.25, 0.3) is 0 Å². The quantitative estimate of drug-likeness (QED) is 0.572. The molecule has 0 aliphatic rings. The summed E-state index contributed by atoms with van der Waals surface area (Å²) in [4.78, 5) is 8.18. The maximum absolute atomic E-state index is 5.67. The number of rotatable bonds is 2. The minimum absolute atomic E-state index is 0.250.